The Hall–Kier alpha value is -1.55. The van der Waals surface area contributed by atoms with Crippen molar-refractivity contribution in [2.24, 2.45) is 0 Å². The molecular formula is C13H11Cl2N5S. The highest BCUT2D eigenvalue weighted by Crippen LogP contribution is 2.32. The van der Waals surface area contributed by atoms with Gasteiger partial charge in [-0.25, -0.2) is 4.98 Å². The van der Waals surface area contributed by atoms with Gasteiger partial charge in [-0.2, -0.15) is 9.64 Å². The fraction of sp³-hybridized carbons (Fsp3) is 0.308. The molecule has 1 saturated heterocycles. The fourth-order valence-corrected chi connectivity index (χ4v) is 3.46. The molecule has 21 heavy (non-hydrogen) atoms. The first-order valence-corrected chi connectivity index (χ1v) is 7.88. The highest BCUT2D eigenvalue weighted by molar-refractivity contribution is 7.10. The molecule has 2 aromatic heterocycles. The van der Waals surface area contributed by atoms with Crippen LogP contribution in [0.3, 0.4) is 0 Å². The van der Waals surface area contributed by atoms with Gasteiger partial charge in [-0.3, -0.25) is 0 Å². The molecule has 2 aromatic rings. The number of aromatic nitrogens is 2. The van der Waals surface area contributed by atoms with E-state index in [1.165, 1.54) is 11.5 Å². The van der Waals surface area contributed by atoms with Gasteiger partial charge in [-0.1, -0.05) is 23.2 Å². The van der Waals surface area contributed by atoms with E-state index >= 15 is 0 Å². The third-order valence-corrected chi connectivity index (χ3v) is 4.85. The Labute approximate surface area is 136 Å². The Kier molecular flexibility index (Phi) is 4.15. The summed E-state index contributed by atoms with van der Waals surface area (Å²) in [6.45, 7) is 3.26. The van der Waals surface area contributed by atoms with Crippen LogP contribution in [0.5, 0.6) is 0 Å². The van der Waals surface area contributed by atoms with Crippen LogP contribution in [0.1, 0.15) is 5.56 Å². The molecule has 0 radical (unpaired) electrons. The Bertz CT molecular complexity index is 671. The van der Waals surface area contributed by atoms with Crippen LogP contribution in [0.2, 0.25) is 10.2 Å². The summed E-state index contributed by atoms with van der Waals surface area (Å²) in [6, 6.07) is 5.88. The smallest absolute Gasteiger partial charge is 0.162 e. The summed E-state index contributed by atoms with van der Waals surface area (Å²) in [5.41, 5.74) is 0.472. The van der Waals surface area contributed by atoms with Crippen LogP contribution in [-0.4, -0.2) is 35.5 Å². The second kappa shape index (κ2) is 6.06. The summed E-state index contributed by atoms with van der Waals surface area (Å²) in [7, 11) is 0. The van der Waals surface area contributed by atoms with Crippen LogP contribution in [-0.2, 0) is 0 Å². The summed E-state index contributed by atoms with van der Waals surface area (Å²) in [6.07, 6.45) is 1.65. The summed E-state index contributed by atoms with van der Waals surface area (Å²) >= 11 is 13.0. The Balaban J connectivity index is 1.70. The number of hydrogen-bond donors (Lipinski definition) is 0. The zero-order valence-corrected chi connectivity index (χ0v) is 13.3. The molecule has 1 aliphatic heterocycles. The van der Waals surface area contributed by atoms with Crippen molar-refractivity contribution in [1.29, 1.82) is 5.26 Å². The predicted molar refractivity (Wildman–Crippen MR) is 85.5 cm³/mol. The lowest BCUT2D eigenvalue weighted by atomic mass is 10.3. The van der Waals surface area contributed by atoms with Crippen molar-refractivity contribution >= 4 is 45.6 Å². The lowest BCUT2D eigenvalue weighted by Crippen LogP contribution is -2.46. The van der Waals surface area contributed by atoms with E-state index < -0.39 is 0 Å². The van der Waals surface area contributed by atoms with Gasteiger partial charge in [0.1, 0.15) is 22.5 Å². The van der Waals surface area contributed by atoms with Crippen molar-refractivity contribution in [2.45, 2.75) is 0 Å². The molecule has 8 heteroatoms. The number of nitriles is 1. The van der Waals surface area contributed by atoms with Gasteiger partial charge in [0.25, 0.3) is 0 Å². The van der Waals surface area contributed by atoms with Crippen LogP contribution in [0.4, 0.5) is 10.8 Å². The Morgan fingerprint density at radius 3 is 2.48 bits per heavy atom. The number of rotatable bonds is 2. The van der Waals surface area contributed by atoms with E-state index in [0.717, 1.165) is 37.0 Å². The van der Waals surface area contributed by atoms with Gasteiger partial charge in [-0.15, -0.1) is 0 Å². The zero-order valence-electron chi connectivity index (χ0n) is 11.0. The first-order chi connectivity index (χ1) is 10.2. The quantitative estimate of drug-likeness (QED) is 0.841. The van der Waals surface area contributed by atoms with Gasteiger partial charge < -0.3 is 9.80 Å². The number of pyridine rings is 1. The topological polar surface area (TPSA) is 56.1 Å². The van der Waals surface area contributed by atoms with Gasteiger partial charge in [0, 0.05) is 32.4 Å². The maximum absolute atomic E-state index is 9.15. The summed E-state index contributed by atoms with van der Waals surface area (Å²) in [5, 5.41) is 10.9. The minimum Gasteiger partial charge on any atom is -0.358 e. The van der Waals surface area contributed by atoms with Crippen LogP contribution in [0.15, 0.2) is 18.3 Å². The summed E-state index contributed by atoms with van der Waals surface area (Å²) < 4.78 is 4.05. The molecule has 108 valence electrons. The summed E-state index contributed by atoms with van der Waals surface area (Å²) in [4.78, 5) is 8.67. The number of anilines is 2. The highest BCUT2D eigenvalue weighted by Gasteiger charge is 2.23. The van der Waals surface area contributed by atoms with E-state index in [-0.39, 0.29) is 0 Å². The molecule has 1 aliphatic rings. The largest absolute Gasteiger partial charge is 0.358 e. The Morgan fingerprint density at radius 1 is 1.14 bits per heavy atom. The molecule has 0 aromatic carbocycles. The van der Waals surface area contributed by atoms with E-state index in [9.17, 15) is 0 Å². The van der Waals surface area contributed by atoms with Gasteiger partial charge in [-0.05, 0) is 23.7 Å². The van der Waals surface area contributed by atoms with Crippen LogP contribution in [0.25, 0.3) is 0 Å². The van der Waals surface area contributed by atoms with Gasteiger partial charge >= 0.3 is 0 Å². The van der Waals surface area contributed by atoms with Gasteiger partial charge in [0.2, 0.25) is 0 Å². The Morgan fingerprint density at radius 2 is 1.86 bits per heavy atom. The lowest BCUT2D eigenvalue weighted by Gasteiger charge is -2.35. The summed E-state index contributed by atoms with van der Waals surface area (Å²) in [5.74, 6) is 0.918. The molecular weight excluding hydrogens is 329 g/mol. The molecule has 0 bridgehead atoms. The van der Waals surface area contributed by atoms with Gasteiger partial charge in [0.15, 0.2) is 5.15 Å². The van der Waals surface area contributed by atoms with Crippen molar-refractivity contribution in [3.05, 3.63) is 34.1 Å². The number of piperazine rings is 1. The van der Waals surface area contributed by atoms with Crippen molar-refractivity contribution < 1.29 is 0 Å². The van der Waals surface area contributed by atoms with Crippen molar-refractivity contribution in [2.75, 3.05) is 36.0 Å². The van der Waals surface area contributed by atoms with Crippen molar-refractivity contribution in [3.8, 4) is 6.07 Å². The lowest BCUT2D eigenvalue weighted by molar-refractivity contribution is 0.650. The molecule has 3 rings (SSSR count). The van der Waals surface area contributed by atoms with E-state index in [2.05, 4.69) is 25.2 Å². The van der Waals surface area contributed by atoms with Crippen molar-refractivity contribution in [1.82, 2.24) is 9.36 Å². The number of halogens is 2. The molecule has 0 amide bonds. The van der Waals surface area contributed by atoms with E-state index in [1.54, 1.807) is 6.20 Å². The van der Waals surface area contributed by atoms with E-state index in [0.29, 0.717) is 15.7 Å². The maximum atomic E-state index is 9.15. The minimum atomic E-state index is 0.291. The van der Waals surface area contributed by atoms with Crippen LogP contribution in [0, 0.1) is 11.3 Å². The predicted octanol–water partition coefficient (Wildman–Crippen LogP) is 3.04. The standard InChI is InChI=1S/C13H11Cl2N5S/c14-9-1-2-11(17-8-9)19-3-5-20(6-4-19)13-10(7-16)12(15)18-21-13/h1-2,8H,3-6H2. The third-order valence-electron chi connectivity index (χ3n) is 3.35. The van der Waals surface area contributed by atoms with E-state index in [1.807, 2.05) is 12.1 Å². The SMILES string of the molecule is N#Cc1c(Cl)nsc1N1CCN(c2ccc(Cl)cn2)CC1. The average Bonchev–Trinajstić information content (AvgIpc) is 2.89. The minimum absolute atomic E-state index is 0.291. The molecule has 0 aliphatic carbocycles. The zero-order chi connectivity index (χ0) is 14.8. The maximum Gasteiger partial charge on any atom is 0.162 e. The molecule has 0 N–H and O–H groups in total. The second-order valence-electron chi connectivity index (χ2n) is 4.57. The molecule has 3 heterocycles. The molecule has 1 fully saturated rings. The fourth-order valence-electron chi connectivity index (χ4n) is 2.27. The first kappa shape index (κ1) is 14.4. The normalized spacial score (nSPS) is 15.1. The van der Waals surface area contributed by atoms with Crippen LogP contribution >= 0.6 is 34.7 Å². The number of hydrogen-bond acceptors (Lipinski definition) is 6. The van der Waals surface area contributed by atoms with Gasteiger partial charge in [0.05, 0.1) is 5.02 Å². The third kappa shape index (κ3) is 2.91. The first-order valence-electron chi connectivity index (χ1n) is 6.36. The molecule has 0 unspecified atom stereocenters. The second-order valence-corrected chi connectivity index (χ2v) is 6.12. The highest BCUT2D eigenvalue weighted by atomic mass is 35.5. The molecule has 0 atom stereocenters. The molecule has 0 spiro atoms. The van der Waals surface area contributed by atoms with E-state index in [4.69, 9.17) is 28.5 Å². The monoisotopic (exact) mass is 339 g/mol. The average molecular weight is 340 g/mol. The van der Waals surface area contributed by atoms with Crippen LogP contribution < -0.4 is 9.80 Å². The number of nitrogens with zero attached hydrogens (tertiary/aromatic N) is 5. The molecule has 0 saturated carbocycles. The van der Waals surface area contributed by atoms with Crippen molar-refractivity contribution in [3.63, 3.8) is 0 Å². The molecule has 5 nitrogen and oxygen atoms in total.